The highest BCUT2D eigenvalue weighted by Crippen LogP contribution is 2.39. The summed E-state index contributed by atoms with van der Waals surface area (Å²) in [5.41, 5.74) is 1.09. The fraction of sp³-hybridized carbons (Fsp3) is 0.625. The molecule has 19 heavy (non-hydrogen) atoms. The Kier molecular flexibility index (Phi) is 7.21. The first-order valence-corrected chi connectivity index (χ1v) is 8.68. The number of alkyl halides is 2. The van der Waals surface area contributed by atoms with Gasteiger partial charge in [0.05, 0.1) is 0 Å². The van der Waals surface area contributed by atoms with Crippen LogP contribution in [0.4, 0.5) is 0 Å². The fourth-order valence-corrected chi connectivity index (χ4v) is 4.34. The van der Waals surface area contributed by atoms with Crippen LogP contribution in [0, 0.1) is 11.8 Å². The second-order valence-electron chi connectivity index (χ2n) is 5.97. The number of hydrogen-bond donors (Lipinski definition) is 0. The third-order valence-corrected chi connectivity index (χ3v) is 5.28. The van der Waals surface area contributed by atoms with Gasteiger partial charge in [-0.15, -0.1) is 23.2 Å². The first-order chi connectivity index (χ1) is 8.95. The molecule has 1 rings (SSSR count). The van der Waals surface area contributed by atoms with Crippen LogP contribution < -0.4 is 0 Å². The third-order valence-electron chi connectivity index (χ3n) is 3.57. The number of halogens is 3. The van der Waals surface area contributed by atoms with Gasteiger partial charge in [-0.05, 0) is 36.3 Å². The van der Waals surface area contributed by atoms with Gasteiger partial charge >= 0.3 is 0 Å². The Morgan fingerprint density at radius 1 is 1.11 bits per heavy atom. The quantitative estimate of drug-likeness (QED) is 0.502. The van der Waals surface area contributed by atoms with Crippen LogP contribution >= 0.6 is 39.1 Å². The van der Waals surface area contributed by atoms with E-state index >= 15 is 0 Å². The molecule has 0 heterocycles. The van der Waals surface area contributed by atoms with Crippen molar-refractivity contribution >= 4 is 39.1 Å². The SMILES string of the molecule is CC(C)CC(C)CC(CCl)(CCl)c1ccccc1Br. The predicted octanol–water partition coefficient (Wildman–Crippen LogP) is 6.24. The molecule has 0 N–H and O–H groups in total. The second kappa shape index (κ2) is 7.90. The van der Waals surface area contributed by atoms with Gasteiger partial charge in [0.1, 0.15) is 0 Å². The molecule has 3 heteroatoms. The Bertz CT molecular complexity index is 386. The topological polar surface area (TPSA) is 0 Å². The molecule has 0 radical (unpaired) electrons. The predicted molar refractivity (Wildman–Crippen MR) is 90.5 cm³/mol. The summed E-state index contributed by atoms with van der Waals surface area (Å²) in [5, 5.41) is 0. The molecule has 1 atom stereocenters. The van der Waals surface area contributed by atoms with Gasteiger partial charge in [0.15, 0.2) is 0 Å². The van der Waals surface area contributed by atoms with Crippen molar-refractivity contribution in [1.82, 2.24) is 0 Å². The molecule has 0 aliphatic carbocycles. The summed E-state index contributed by atoms with van der Waals surface area (Å²) in [7, 11) is 0. The van der Waals surface area contributed by atoms with Gasteiger partial charge in [0, 0.05) is 21.6 Å². The Hall–Kier alpha value is 0.280. The van der Waals surface area contributed by atoms with E-state index in [-0.39, 0.29) is 5.41 Å². The number of hydrogen-bond acceptors (Lipinski definition) is 0. The van der Waals surface area contributed by atoms with Crippen molar-refractivity contribution in [3.05, 3.63) is 34.3 Å². The molecule has 0 spiro atoms. The van der Waals surface area contributed by atoms with Crippen LogP contribution in [0.25, 0.3) is 0 Å². The molecule has 0 amide bonds. The lowest BCUT2D eigenvalue weighted by Gasteiger charge is -2.34. The van der Waals surface area contributed by atoms with E-state index < -0.39 is 0 Å². The maximum Gasteiger partial charge on any atom is 0.0332 e. The van der Waals surface area contributed by atoms with Crippen molar-refractivity contribution in [2.24, 2.45) is 11.8 Å². The van der Waals surface area contributed by atoms with Crippen molar-refractivity contribution in [2.75, 3.05) is 11.8 Å². The van der Waals surface area contributed by atoms with E-state index in [1.807, 2.05) is 6.07 Å². The minimum Gasteiger partial charge on any atom is -0.126 e. The minimum atomic E-state index is -0.141. The van der Waals surface area contributed by atoms with Gasteiger partial charge in [-0.3, -0.25) is 0 Å². The maximum atomic E-state index is 6.31. The Morgan fingerprint density at radius 3 is 2.16 bits per heavy atom. The first-order valence-electron chi connectivity index (χ1n) is 6.82. The largest absolute Gasteiger partial charge is 0.126 e. The molecule has 0 saturated carbocycles. The summed E-state index contributed by atoms with van der Waals surface area (Å²) in [6.45, 7) is 6.82. The normalized spacial score (nSPS) is 13.8. The zero-order chi connectivity index (χ0) is 14.5. The van der Waals surface area contributed by atoms with Gasteiger partial charge < -0.3 is 0 Å². The molecule has 1 unspecified atom stereocenters. The van der Waals surface area contributed by atoms with Crippen molar-refractivity contribution in [2.45, 2.75) is 39.0 Å². The van der Waals surface area contributed by atoms with E-state index in [1.165, 1.54) is 12.0 Å². The smallest absolute Gasteiger partial charge is 0.0332 e. The van der Waals surface area contributed by atoms with Crippen LogP contribution in [-0.2, 0) is 5.41 Å². The second-order valence-corrected chi connectivity index (χ2v) is 7.36. The first kappa shape index (κ1) is 17.3. The van der Waals surface area contributed by atoms with Gasteiger partial charge in [0.25, 0.3) is 0 Å². The zero-order valence-corrected chi connectivity index (χ0v) is 15.0. The van der Waals surface area contributed by atoms with Crippen LogP contribution in [-0.4, -0.2) is 11.8 Å². The summed E-state index contributed by atoms with van der Waals surface area (Å²) >= 11 is 16.2. The van der Waals surface area contributed by atoms with Gasteiger partial charge in [0.2, 0.25) is 0 Å². The summed E-state index contributed by atoms with van der Waals surface area (Å²) in [6, 6.07) is 8.28. The van der Waals surface area contributed by atoms with Crippen LogP contribution in [0.2, 0.25) is 0 Å². The van der Waals surface area contributed by atoms with E-state index in [4.69, 9.17) is 23.2 Å². The van der Waals surface area contributed by atoms with Crippen molar-refractivity contribution < 1.29 is 0 Å². The van der Waals surface area contributed by atoms with Crippen molar-refractivity contribution in [1.29, 1.82) is 0 Å². The molecule has 0 aliphatic rings. The van der Waals surface area contributed by atoms with Gasteiger partial charge in [-0.2, -0.15) is 0 Å². The number of rotatable bonds is 7. The molecule has 0 fully saturated rings. The van der Waals surface area contributed by atoms with E-state index in [2.05, 4.69) is 54.9 Å². The molecule has 0 bridgehead atoms. The van der Waals surface area contributed by atoms with Gasteiger partial charge in [-0.25, -0.2) is 0 Å². The maximum absolute atomic E-state index is 6.31. The van der Waals surface area contributed by atoms with E-state index in [0.717, 1.165) is 10.9 Å². The van der Waals surface area contributed by atoms with Gasteiger partial charge in [-0.1, -0.05) is 54.9 Å². The standard InChI is InChI=1S/C16H23BrCl2/c1-12(2)8-13(3)9-16(10-18,11-19)14-6-4-5-7-15(14)17/h4-7,12-13H,8-11H2,1-3H3. The van der Waals surface area contributed by atoms with E-state index in [1.54, 1.807) is 0 Å². The lowest BCUT2D eigenvalue weighted by atomic mass is 9.75. The van der Waals surface area contributed by atoms with Crippen LogP contribution in [0.5, 0.6) is 0 Å². The summed E-state index contributed by atoms with van der Waals surface area (Å²) < 4.78 is 1.10. The summed E-state index contributed by atoms with van der Waals surface area (Å²) in [4.78, 5) is 0. The highest BCUT2D eigenvalue weighted by Gasteiger charge is 2.34. The summed E-state index contributed by atoms with van der Waals surface area (Å²) in [6.07, 6.45) is 2.24. The molecular formula is C16H23BrCl2. The highest BCUT2D eigenvalue weighted by atomic mass is 79.9. The molecule has 0 saturated heterocycles. The molecule has 0 aliphatic heterocycles. The molecule has 1 aromatic carbocycles. The monoisotopic (exact) mass is 364 g/mol. The van der Waals surface area contributed by atoms with Crippen LogP contribution in [0.15, 0.2) is 28.7 Å². The lowest BCUT2D eigenvalue weighted by molar-refractivity contribution is 0.336. The molecule has 0 aromatic heterocycles. The third kappa shape index (κ3) is 4.65. The Labute approximate surface area is 136 Å². The van der Waals surface area contributed by atoms with E-state index in [9.17, 15) is 0 Å². The average Bonchev–Trinajstić information content (AvgIpc) is 2.36. The fourth-order valence-electron chi connectivity index (χ4n) is 2.85. The Morgan fingerprint density at radius 2 is 1.68 bits per heavy atom. The molecular weight excluding hydrogens is 343 g/mol. The van der Waals surface area contributed by atoms with Crippen LogP contribution in [0.1, 0.15) is 39.2 Å². The lowest BCUT2D eigenvalue weighted by Crippen LogP contribution is -2.33. The average molecular weight is 366 g/mol. The van der Waals surface area contributed by atoms with Crippen molar-refractivity contribution in [3.63, 3.8) is 0 Å². The molecule has 108 valence electrons. The molecule has 0 nitrogen and oxygen atoms in total. The van der Waals surface area contributed by atoms with Crippen LogP contribution in [0.3, 0.4) is 0 Å². The zero-order valence-electron chi connectivity index (χ0n) is 11.9. The van der Waals surface area contributed by atoms with Crippen molar-refractivity contribution in [3.8, 4) is 0 Å². The highest BCUT2D eigenvalue weighted by molar-refractivity contribution is 9.10. The van der Waals surface area contributed by atoms with E-state index in [0.29, 0.717) is 23.6 Å². The Balaban J connectivity index is 3.00. The minimum absolute atomic E-state index is 0.141. The number of benzene rings is 1. The summed E-state index contributed by atoms with van der Waals surface area (Å²) in [5.74, 6) is 2.44. The molecule has 1 aromatic rings.